The molecule has 0 saturated heterocycles. The third-order valence-corrected chi connectivity index (χ3v) is 3.15. The van der Waals surface area contributed by atoms with Crippen LogP contribution in [0.5, 0.6) is 5.88 Å². The number of carbonyl (C=O) groups excluding carboxylic acids is 1. The largest absolute Gasteiger partial charge is 0.417 e. The number of hydrogen-bond donors (Lipinski definition) is 2. The van der Waals surface area contributed by atoms with E-state index in [0.717, 1.165) is 25.7 Å². The molecule has 9 heteroatoms. The van der Waals surface area contributed by atoms with Gasteiger partial charge < -0.3 is 15.4 Å². The zero-order valence-electron chi connectivity index (χ0n) is 12.4. The Morgan fingerprint density at radius 1 is 1.39 bits per heavy atom. The Hall–Kier alpha value is -2.06. The Bertz CT molecular complexity index is 481. The first kappa shape index (κ1) is 19.0. The predicted octanol–water partition coefficient (Wildman–Crippen LogP) is 3.80. The van der Waals surface area contributed by atoms with Crippen molar-refractivity contribution in [2.45, 2.75) is 44.9 Å². The van der Waals surface area contributed by atoms with Gasteiger partial charge in [0.05, 0.1) is 0 Å². The fourth-order valence-corrected chi connectivity index (χ4v) is 2.21. The van der Waals surface area contributed by atoms with Gasteiger partial charge >= 0.3 is 12.6 Å². The van der Waals surface area contributed by atoms with Crippen molar-refractivity contribution in [1.29, 1.82) is 0 Å². The summed E-state index contributed by atoms with van der Waals surface area (Å²) in [5.41, 5.74) is 0.650. The molecule has 1 aromatic heterocycles. The van der Waals surface area contributed by atoms with E-state index in [1.54, 1.807) is 6.07 Å². The molecule has 0 spiro atoms. The van der Waals surface area contributed by atoms with Crippen LogP contribution < -0.4 is 15.4 Å². The van der Waals surface area contributed by atoms with Crippen molar-refractivity contribution >= 4 is 6.03 Å². The smallest absolute Gasteiger partial charge is 0.388 e. The van der Waals surface area contributed by atoms with Crippen molar-refractivity contribution in [1.82, 2.24) is 15.6 Å². The quantitative estimate of drug-likeness (QED) is 0.801. The van der Waals surface area contributed by atoms with Crippen LogP contribution in [0.2, 0.25) is 0 Å². The first-order valence-electron chi connectivity index (χ1n) is 7.11. The molecular formula is C14H23F4N3O2. The van der Waals surface area contributed by atoms with Gasteiger partial charge in [-0.2, -0.15) is 8.78 Å². The van der Waals surface area contributed by atoms with Crippen LogP contribution in [0.15, 0.2) is 18.3 Å². The molecule has 0 aliphatic heterocycles. The lowest BCUT2D eigenvalue weighted by atomic mass is 10.2. The summed E-state index contributed by atoms with van der Waals surface area (Å²) in [7, 11) is 0. The molecule has 0 unspecified atom stereocenters. The van der Waals surface area contributed by atoms with E-state index >= 15 is 0 Å². The first-order chi connectivity index (χ1) is 11.0. The van der Waals surface area contributed by atoms with Gasteiger partial charge in [-0.3, -0.25) is 0 Å². The summed E-state index contributed by atoms with van der Waals surface area (Å²) in [6, 6.07) is 3.01. The topological polar surface area (TPSA) is 63.2 Å². The van der Waals surface area contributed by atoms with Crippen LogP contribution in [0.3, 0.4) is 0 Å². The highest BCUT2D eigenvalue weighted by atomic mass is 19.3. The maximum Gasteiger partial charge on any atom is 0.388 e. The van der Waals surface area contributed by atoms with E-state index in [2.05, 4.69) is 20.4 Å². The molecule has 0 aromatic carbocycles. The normalized spacial score (nSPS) is 14.1. The van der Waals surface area contributed by atoms with Gasteiger partial charge in [-0.15, -0.1) is 0 Å². The van der Waals surface area contributed by atoms with Crippen molar-refractivity contribution < 1.29 is 29.9 Å². The number of nitrogens with one attached hydrogen (secondary N) is 2. The second-order valence-electron chi connectivity index (χ2n) is 4.79. The van der Waals surface area contributed by atoms with E-state index < -0.39 is 13.5 Å². The Morgan fingerprint density at radius 2 is 2.04 bits per heavy atom. The van der Waals surface area contributed by atoms with Crippen LogP contribution in [-0.4, -0.2) is 30.6 Å². The van der Waals surface area contributed by atoms with Crippen molar-refractivity contribution in [3.05, 3.63) is 23.9 Å². The van der Waals surface area contributed by atoms with E-state index in [1.165, 1.54) is 12.3 Å². The fourth-order valence-electron chi connectivity index (χ4n) is 2.21. The summed E-state index contributed by atoms with van der Waals surface area (Å²) < 4.78 is 47.5. The third kappa shape index (κ3) is 8.22. The van der Waals surface area contributed by atoms with Gasteiger partial charge in [0.2, 0.25) is 12.8 Å². The average Bonchev–Trinajstić information content (AvgIpc) is 2.98. The molecule has 2 amide bonds. The number of ether oxygens (including phenoxy) is 1. The predicted molar refractivity (Wildman–Crippen MR) is 79.8 cm³/mol. The van der Waals surface area contributed by atoms with Gasteiger partial charge in [0.1, 0.15) is 0 Å². The number of pyridine rings is 1. The number of alkyl halides is 4. The Kier molecular flexibility index (Phi) is 8.78. The summed E-state index contributed by atoms with van der Waals surface area (Å²) >= 11 is 0. The number of aromatic nitrogens is 1. The van der Waals surface area contributed by atoms with Crippen molar-refractivity contribution in [2.24, 2.45) is 0 Å². The molecule has 0 atom stereocenters. The van der Waals surface area contributed by atoms with Crippen LogP contribution in [-0.2, 0) is 6.54 Å². The van der Waals surface area contributed by atoms with Crippen LogP contribution in [0.1, 0.15) is 34.1 Å². The number of halogens is 4. The van der Waals surface area contributed by atoms with Crippen LogP contribution in [0.4, 0.5) is 22.4 Å². The summed E-state index contributed by atoms with van der Waals surface area (Å²) in [5.74, 6) is -0.157. The van der Waals surface area contributed by atoms with Gasteiger partial charge in [-0.05, 0) is 24.5 Å². The van der Waals surface area contributed by atoms with Crippen molar-refractivity contribution in [2.75, 3.05) is 6.93 Å². The highest BCUT2D eigenvalue weighted by Gasteiger charge is 2.16. The minimum absolute atomic E-state index is 0. The number of nitrogens with zero attached hydrogens (tertiary/aromatic N) is 1. The highest BCUT2D eigenvalue weighted by molar-refractivity contribution is 5.74. The molecule has 1 aromatic rings. The number of hydrogen-bond acceptors (Lipinski definition) is 3. The first-order valence-corrected chi connectivity index (χ1v) is 7.11. The molecule has 2 N–H and O–H groups in total. The fraction of sp³-hybridized carbons (Fsp3) is 0.571. The minimum atomic E-state index is -2.91. The highest BCUT2D eigenvalue weighted by Crippen LogP contribution is 2.17. The van der Waals surface area contributed by atoms with E-state index in [4.69, 9.17) is 0 Å². The monoisotopic (exact) mass is 341 g/mol. The Morgan fingerprint density at radius 3 is 2.65 bits per heavy atom. The summed E-state index contributed by atoms with van der Waals surface area (Å²) in [4.78, 5) is 15.3. The molecule has 2 rings (SSSR count). The standard InChI is InChI=1S/C13H17F2N3O2.CH2F2.2H2/c14-12(15)20-11-7-9(5-6-16-11)8-17-13(19)18-10-3-1-2-4-10;2-1-3;;/h5-7,10,12H,1-4,8H2,(H2,17,18,19);1H2;2*1H. The van der Waals surface area contributed by atoms with Gasteiger partial charge in [-0.25, -0.2) is 18.6 Å². The van der Waals surface area contributed by atoms with Crippen LogP contribution in [0, 0.1) is 0 Å². The van der Waals surface area contributed by atoms with E-state index in [0.29, 0.717) is 5.56 Å². The van der Waals surface area contributed by atoms with Crippen LogP contribution >= 0.6 is 0 Å². The second-order valence-corrected chi connectivity index (χ2v) is 4.79. The Balaban J connectivity index is 0. The number of urea groups is 1. The van der Waals surface area contributed by atoms with E-state index in [1.807, 2.05) is 0 Å². The molecule has 1 aliphatic rings. The van der Waals surface area contributed by atoms with E-state index in [-0.39, 0.29) is 27.4 Å². The number of carbonyl (C=O) groups is 1. The van der Waals surface area contributed by atoms with Gasteiger partial charge in [0.25, 0.3) is 0 Å². The molecule has 0 bridgehead atoms. The minimum Gasteiger partial charge on any atom is -0.417 e. The second kappa shape index (κ2) is 10.6. The molecule has 1 aliphatic carbocycles. The lowest BCUT2D eigenvalue weighted by molar-refractivity contribution is -0.0529. The molecule has 1 saturated carbocycles. The average molecular weight is 341 g/mol. The van der Waals surface area contributed by atoms with Gasteiger partial charge in [0.15, 0.2) is 0 Å². The maximum atomic E-state index is 12.1. The molecule has 1 heterocycles. The van der Waals surface area contributed by atoms with Gasteiger partial charge in [-0.1, -0.05) is 12.8 Å². The summed E-state index contributed by atoms with van der Waals surface area (Å²) in [6.45, 7) is -4.42. The molecule has 23 heavy (non-hydrogen) atoms. The Labute approximate surface area is 134 Å². The van der Waals surface area contributed by atoms with Gasteiger partial charge in [0, 0.05) is 27.7 Å². The number of rotatable bonds is 5. The molecule has 1 fully saturated rings. The SMILES string of the molecule is FCF.O=C(NCc1ccnc(OC(F)F)c1)NC1CCCC1.[HH].[HH]. The lowest BCUT2D eigenvalue weighted by Gasteiger charge is -2.13. The molecule has 0 radical (unpaired) electrons. The summed E-state index contributed by atoms with van der Waals surface area (Å²) in [6.07, 6.45) is 5.67. The maximum absolute atomic E-state index is 12.1. The van der Waals surface area contributed by atoms with Crippen molar-refractivity contribution in [3.8, 4) is 5.88 Å². The molecular weight excluding hydrogens is 318 g/mol. The van der Waals surface area contributed by atoms with E-state index in [9.17, 15) is 22.4 Å². The lowest BCUT2D eigenvalue weighted by Crippen LogP contribution is -2.40. The number of amides is 2. The zero-order chi connectivity index (χ0) is 17.1. The molecule has 5 nitrogen and oxygen atoms in total. The van der Waals surface area contributed by atoms with Crippen LogP contribution in [0.25, 0.3) is 0 Å². The summed E-state index contributed by atoms with van der Waals surface area (Å²) in [5, 5.41) is 5.56. The third-order valence-electron chi connectivity index (χ3n) is 3.15. The zero-order valence-corrected chi connectivity index (χ0v) is 12.4. The van der Waals surface area contributed by atoms with Crippen molar-refractivity contribution in [3.63, 3.8) is 0 Å². The molecule has 134 valence electrons.